The van der Waals surface area contributed by atoms with Gasteiger partial charge in [0.15, 0.2) is 0 Å². The minimum Gasteiger partial charge on any atom is -0.310 e. The van der Waals surface area contributed by atoms with Crippen LogP contribution in [0.2, 0.25) is 0 Å². The van der Waals surface area contributed by atoms with E-state index in [-0.39, 0.29) is 0 Å². The summed E-state index contributed by atoms with van der Waals surface area (Å²) in [5, 5.41) is 7.41. The summed E-state index contributed by atoms with van der Waals surface area (Å²) in [6, 6.07) is 115. The molecule has 0 spiro atoms. The van der Waals surface area contributed by atoms with Gasteiger partial charge in [0.05, 0.1) is 16.4 Å². The molecule has 81 heavy (non-hydrogen) atoms. The van der Waals surface area contributed by atoms with E-state index in [1.165, 1.54) is 80.6 Å². The Hall–Kier alpha value is -10.3. The fourth-order valence-corrected chi connectivity index (χ4v) is 14.4. The zero-order valence-electron chi connectivity index (χ0n) is 44.2. The number of thiophene rings is 1. The maximum Gasteiger partial charge on any atom is 0.0714 e. The summed E-state index contributed by atoms with van der Waals surface area (Å²) < 4.78 is 5.02. The summed E-state index contributed by atoms with van der Waals surface area (Å²) in [5.74, 6) is 0. The normalized spacial score (nSPS) is 12.5. The molecule has 0 saturated heterocycles. The van der Waals surface area contributed by atoms with E-state index in [9.17, 15) is 0 Å². The van der Waals surface area contributed by atoms with Crippen molar-refractivity contribution >= 4 is 98.2 Å². The van der Waals surface area contributed by atoms with Crippen molar-refractivity contribution in [1.29, 1.82) is 0 Å². The number of rotatable bonds is 10. The first-order valence-corrected chi connectivity index (χ1v) is 28.6. The highest BCUT2D eigenvalue weighted by Crippen LogP contribution is 2.58. The molecule has 2 heterocycles. The lowest BCUT2D eigenvalue weighted by Crippen LogP contribution is -2.28. The third-order valence-corrected chi connectivity index (χ3v) is 17.9. The van der Waals surface area contributed by atoms with E-state index in [0.717, 1.165) is 56.5 Å². The van der Waals surface area contributed by atoms with E-state index in [2.05, 4.69) is 324 Å². The Bertz CT molecular complexity index is 4790. The van der Waals surface area contributed by atoms with Gasteiger partial charge in [-0.25, -0.2) is 0 Å². The highest BCUT2D eigenvalue weighted by molar-refractivity contribution is 7.25. The lowest BCUT2D eigenvalue weighted by molar-refractivity contribution is 0.768. The predicted molar refractivity (Wildman–Crippen MR) is 343 cm³/mol. The molecule has 16 rings (SSSR count). The van der Waals surface area contributed by atoms with Crippen LogP contribution in [0.1, 0.15) is 22.3 Å². The summed E-state index contributed by atoms with van der Waals surface area (Å²) >= 11 is 1.85. The van der Waals surface area contributed by atoms with Crippen molar-refractivity contribution in [3.63, 3.8) is 0 Å². The van der Waals surface area contributed by atoms with Crippen LogP contribution < -0.4 is 9.80 Å². The van der Waals surface area contributed by atoms with E-state index in [0.29, 0.717) is 0 Å². The maximum atomic E-state index is 2.52. The molecule has 0 N–H and O–H groups in total. The highest BCUT2D eigenvalue weighted by Gasteiger charge is 2.46. The van der Waals surface area contributed by atoms with Gasteiger partial charge >= 0.3 is 0 Å². The Morgan fingerprint density at radius 1 is 0.296 bits per heavy atom. The fraction of sp³-hybridized carbons (Fsp3) is 0.0130. The van der Waals surface area contributed by atoms with Gasteiger partial charge in [0.1, 0.15) is 0 Å². The lowest BCUT2D eigenvalue weighted by atomic mass is 9.67. The van der Waals surface area contributed by atoms with Gasteiger partial charge in [0.25, 0.3) is 0 Å². The highest BCUT2D eigenvalue weighted by atomic mass is 32.1. The molecule has 0 radical (unpaired) electrons. The van der Waals surface area contributed by atoms with Crippen LogP contribution >= 0.6 is 11.3 Å². The summed E-state index contributed by atoms with van der Waals surface area (Å²) in [4.78, 5) is 4.92. The van der Waals surface area contributed by atoms with E-state index in [1.54, 1.807) is 0 Å². The third kappa shape index (κ3) is 7.49. The first kappa shape index (κ1) is 46.8. The summed E-state index contributed by atoms with van der Waals surface area (Å²) in [7, 11) is 0. The second-order valence-electron chi connectivity index (χ2n) is 21.2. The molecule has 0 aliphatic heterocycles. The van der Waals surface area contributed by atoms with Crippen LogP contribution in [0.4, 0.5) is 34.1 Å². The van der Waals surface area contributed by atoms with E-state index < -0.39 is 5.41 Å². The average molecular weight is 1050 g/mol. The van der Waals surface area contributed by atoms with Gasteiger partial charge < -0.3 is 14.4 Å². The standard InChI is InChI=1S/C77H51N3S/c1-6-23-55(24-7-1)77(56-25-8-2-9-26-56)71-36-20-18-34-65(71)66-44-40-61(51-72(66)77)79(60-41-45-75-70(50-60)68-35-19-21-37-74(68)81-75)63-47-54(46-62(49-63)78(57-27-10-3-11-28-57)58-29-12-4-13-30-58)53-39-42-67-69-43-38-52-22-16-17-33-64(52)76(69)80(73(67)48-53)59-31-14-5-15-32-59/h1-51H. The average Bonchev–Trinajstić information content (AvgIpc) is 4.40. The molecule has 0 unspecified atom stereocenters. The summed E-state index contributed by atoms with van der Waals surface area (Å²) in [5.41, 5.74) is 19.0. The van der Waals surface area contributed by atoms with Gasteiger partial charge in [-0.15, -0.1) is 11.3 Å². The minimum atomic E-state index is -0.591. The van der Waals surface area contributed by atoms with E-state index in [1.807, 2.05) is 11.3 Å². The van der Waals surface area contributed by atoms with Gasteiger partial charge in [0, 0.05) is 76.1 Å². The fourth-order valence-electron chi connectivity index (χ4n) is 13.3. The monoisotopic (exact) mass is 1050 g/mol. The largest absolute Gasteiger partial charge is 0.310 e. The molecular formula is C77H51N3S. The zero-order valence-corrected chi connectivity index (χ0v) is 45.0. The summed E-state index contributed by atoms with van der Waals surface area (Å²) in [6.45, 7) is 0. The van der Waals surface area contributed by atoms with Crippen LogP contribution in [0.3, 0.4) is 0 Å². The molecule has 2 aromatic heterocycles. The molecule has 3 nitrogen and oxygen atoms in total. The third-order valence-electron chi connectivity index (χ3n) is 16.8. The number of benzene rings is 13. The SMILES string of the molecule is c1ccc(N(c2ccccc2)c2cc(-c3ccc4c5ccc6ccccc6c5n(-c5ccccc5)c4c3)cc(N(c3ccc4c(c3)C(c3ccccc3)(c3ccccc3)c3ccccc3-4)c3ccc4sc5ccccc5c4c3)c2)cc1. The molecule has 0 bridgehead atoms. The van der Waals surface area contributed by atoms with Crippen LogP contribution in [0, 0.1) is 0 Å². The molecule has 4 heteroatoms. The number of anilines is 6. The Balaban J connectivity index is 0.998. The molecular weight excluding hydrogens is 999 g/mol. The summed E-state index contributed by atoms with van der Waals surface area (Å²) in [6.07, 6.45) is 0. The molecule has 1 aliphatic rings. The van der Waals surface area contributed by atoms with E-state index >= 15 is 0 Å². The molecule has 13 aromatic carbocycles. The van der Waals surface area contributed by atoms with Crippen molar-refractivity contribution < 1.29 is 0 Å². The second-order valence-corrected chi connectivity index (χ2v) is 22.3. The molecule has 1 aliphatic carbocycles. The topological polar surface area (TPSA) is 11.4 Å². The van der Waals surface area contributed by atoms with Gasteiger partial charge in [-0.05, 0) is 147 Å². The smallest absolute Gasteiger partial charge is 0.0714 e. The molecule has 0 amide bonds. The van der Waals surface area contributed by atoms with Crippen LogP contribution in [0.15, 0.2) is 309 Å². The first-order chi connectivity index (χ1) is 40.2. The Labute approximate surface area is 474 Å². The number of aromatic nitrogens is 1. The number of para-hydroxylation sites is 3. The lowest BCUT2D eigenvalue weighted by Gasteiger charge is -2.35. The van der Waals surface area contributed by atoms with E-state index in [4.69, 9.17) is 0 Å². The van der Waals surface area contributed by atoms with Crippen molar-refractivity contribution in [2.24, 2.45) is 0 Å². The Morgan fingerprint density at radius 3 is 1.56 bits per heavy atom. The van der Waals surface area contributed by atoms with Crippen molar-refractivity contribution in [3.8, 4) is 27.9 Å². The predicted octanol–water partition coefficient (Wildman–Crippen LogP) is 21.3. The molecule has 0 atom stereocenters. The van der Waals surface area contributed by atoms with Crippen LogP contribution in [0.5, 0.6) is 0 Å². The molecule has 0 saturated carbocycles. The Morgan fingerprint density at radius 2 is 0.840 bits per heavy atom. The molecule has 380 valence electrons. The second kappa shape index (κ2) is 19.0. The molecule has 15 aromatic rings. The Kier molecular flexibility index (Phi) is 11.0. The number of hydrogen-bond acceptors (Lipinski definition) is 3. The first-order valence-electron chi connectivity index (χ1n) is 27.8. The van der Waals surface area contributed by atoms with Gasteiger partial charge in [-0.3, -0.25) is 0 Å². The van der Waals surface area contributed by atoms with Crippen molar-refractivity contribution in [2.45, 2.75) is 5.41 Å². The zero-order chi connectivity index (χ0) is 53.4. The van der Waals surface area contributed by atoms with Crippen molar-refractivity contribution in [2.75, 3.05) is 9.80 Å². The number of nitrogens with zero attached hydrogens (tertiary/aromatic N) is 3. The van der Waals surface area contributed by atoms with Crippen molar-refractivity contribution in [1.82, 2.24) is 4.57 Å². The van der Waals surface area contributed by atoms with Gasteiger partial charge in [0.2, 0.25) is 0 Å². The quantitative estimate of drug-likeness (QED) is 0.135. The van der Waals surface area contributed by atoms with Crippen LogP contribution in [-0.4, -0.2) is 4.57 Å². The number of hydrogen-bond donors (Lipinski definition) is 0. The van der Waals surface area contributed by atoms with Crippen molar-refractivity contribution in [3.05, 3.63) is 332 Å². The maximum absolute atomic E-state index is 2.52. The van der Waals surface area contributed by atoms with Gasteiger partial charge in [-0.1, -0.05) is 212 Å². The molecule has 0 fully saturated rings. The van der Waals surface area contributed by atoms with Crippen LogP contribution in [-0.2, 0) is 5.41 Å². The minimum absolute atomic E-state index is 0.591. The number of fused-ring (bicyclic) bond motifs is 11. The van der Waals surface area contributed by atoms with Gasteiger partial charge in [-0.2, -0.15) is 0 Å². The van der Waals surface area contributed by atoms with Crippen LogP contribution in [0.25, 0.3) is 80.7 Å².